The van der Waals surface area contributed by atoms with Crippen molar-refractivity contribution in [2.75, 3.05) is 42.8 Å². The highest BCUT2D eigenvalue weighted by Crippen LogP contribution is 2.19. The number of anilines is 3. The molecule has 11 heteroatoms. The molecule has 0 bridgehead atoms. The Bertz CT molecular complexity index is 1240. The van der Waals surface area contributed by atoms with Crippen molar-refractivity contribution in [3.8, 4) is 0 Å². The van der Waals surface area contributed by atoms with Crippen LogP contribution in [0.2, 0.25) is 0 Å². The van der Waals surface area contributed by atoms with Gasteiger partial charge in [0.25, 0.3) is 5.56 Å². The van der Waals surface area contributed by atoms with Gasteiger partial charge >= 0.3 is 5.69 Å². The lowest BCUT2D eigenvalue weighted by atomic mass is 10.2. The van der Waals surface area contributed by atoms with Gasteiger partial charge in [-0.05, 0) is 17.7 Å². The fourth-order valence-corrected chi connectivity index (χ4v) is 3.23. The molecule has 0 saturated heterocycles. The number of nitrogens with one attached hydrogen (secondary N) is 2. The summed E-state index contributed by atoms with van der Waals surface area (Å²) in [5, 5.41) is 2.27. The number of hydrogen-bond acceptors (Lipinski definition) is 6. The Morgan fingerprint density at radius 3 is 2.61 bits per heavy atom. The van der Waals surface area contributed by atoms with Gasteiger partial charge in [-0.3, -0.25) is 19.1 Å². The number of ether oxygens (including phenoxy) is 1. The standard InChI is InChI=1S/C22H23F2N5O4/c1-33-10-9-28(13-18(30)26-17-11-15(23)7-8-16(17)24)19-20(25)29(22(32)27-21(19)31)12-14-5-3-2-4-6-14/h2-8,11H,9-10,12-13,25H2,1H3,(H,26,30)(H,27,31,32). The maximum Gasteiger partial charge on any atom is 0.330 e. The number of aromatic amines is 1. The number of hydrogen-bond donors (Lipinski definition) is 3. The van der Waals surface area contributed by atoms with E-state index in [2.05, 4.69) is 10.3 Å². The summed E-state index contributed by atoms with van der Waals surface area (Å²) < 4.78 is 33.5. The minimum absolute atomic E-state index is 0.0619. The van der Waals surface area contributed by atoms with Crippen molar-refractivity contribution >= 4 is 23.1 Å². The van der Waals surface area contributed by atoms with E-state index in [1.807, 2.05) is 6.07 Å². The molecule has 4 N–H and O–H groups in total. The Kier molecular flexibility index (Phi) is 7.57. The van der Waals surface area contributed by atoms with E-state index in [-0.39, 0.29) is 36.9 Å². The first-order valence-electron chi connectivity index (χ1n) is 9.95. The smallest absolute Gasteiger partial charge is 0.330 e. The van der Waals surface area contributed by atoms with Gasteiger partial charge in [-0.2, -0.15) is 0 Å². The van der Waals surface area contributed by atoms with E-state index in [0.717, 1.165) is 23.8 Å². The van der Waals surface area contributed by atoms with E-state index >= 15 is 0 Å². The van der Waals surface area contributed by atoms with E-state index < -0.39 is 35.3 Å². The van der Waals surface area contributed by atoms with E-state index in [1.165, 1.54) is 16.6 Å². The molecule has 2 aromatic carbocycles. The number of nitrogens with zero attached hydrogens (tertiary/aromatic N) is 2. The van der Waals surface area contributed by atoms with Gasteiger partial charge in [0.05, 0.1) is 25.4 Å². The summed E-state index contributed by atoms with van der Waals surface area (Å²) in [6.45, 7) is -0.158. The predicted molar refractivity (Wildman–Crippen MR) is 120 cm³/mol. The summed E-state index contributed by atoms with van der Waals surface area (Å²) in [7, 11) is 1.43. The highest BCUT2D eigenvalue weighted by Gasteiger charge is 2.22. The van der Waals surface area contributed by atoms with E-state index in [4.69, 9.17) is 10.5 Å². The molecule has 0 atom stereocenters. The number of carbonyl (C=O) groups excluding carboxylic acids is 1. The van der Waals surface area contributed by atoms with Gasteiger partial charge in [0, 0.05) is 19.7 Å². The van der Waals surface area contributed by atoms with E-state index in [1.54, 1.807) is 24.3 Å². The number of H-pyrrole nitrogens is 1. The van der Waals surface area contributed by atoms with Crippen molar-refractivity contribution in [3.05, 3.63) is 86.6 Å². The number of nitrogen functional groups attached to an aromatic ring is 1. The lowest BCUT2D eigenvalue weighted by Crippen LogP contribution is -2.43. The summed E-state index contributed by atoms with van der Waals surface area (Å²) in [6.07, 6.45) is 0. The average molecular weight is 459 g/mol. The van der Waals surface area contributed by atoms with E-state index in [9.17, 15) is 23.2 Å². The maximum atomic E-state index is 13.9. The minimum Gasteiger partial charge on any atom is -0.383 e. The lowest BCUT2D eigenvalue weighted by molar-refractivity contribution is -0.115. The normalized spacial score (nSPS) is 10.8. The van der Waals surface area contributed by atoms with Crippen molar-refractivity contribution in [2.24, 2.45) is 0 Å². The fourth-order valence-electron chi connectivity index (χ4n) is 3.23. The number of aromatic nitrogens is 2. The largest absolute Gasteiger partial charge is 0.383 e. The number of halogens is 2. The van der Waals surface area contributed by atoms with Crippen LogP contribution in [0, 0.1) is 11.6 Å². The molecule has 1 heterocycles. The molecule has 0 radical (unpaired) electrons. The van der Waals surface area contributed by atoms with Crippen molar-refractivity contribution < 1.29 is 18.3 Å². The highest BCUT2D eigenvalue weighted by molar-refractivity contribution is 5.94. The summed E-state index contributed by atoms with van der Waals surface area (Å²) >= 11 is 0. The number of carbonyl (C=O) groups is 1. The number of rotatable bonds is 9. The van der Waals surface area contributed by atoms with Gasteiger partial charge < -0.3 is 20.7 Å². The molecule has 0 saturated carbocycles. The van der Waals surface area contributed by atoms with Crippen molar-refractivity contribution in [2.45, 2.75) is 6.54 Å². The van der Waals surface area contributed by atoms with Crippen LogP contribution in [0.25, 0.3) is 0 Å². The third kappa shape index (κ3) is 5.83. The number of amides is 1. The Balaban J connectivity index is 1.93. The van der Waals surface area contributed by atoms with Crippen molar-refractivity contribution in [1.29, 1.82) is 0 Å². The summed E-state index contributed by atoms with van der Waals surface area (Å²) in [4.78, 5) is 41.2. The summed E-state index contributed by atoms with van der Waals surface area (Å²) in [6, 6.07) is 11.6. The first-order valence-corrected chi connectivity index (χ1v) is 9.95. The van der Waals surface area contributed by atoms with Crippen LogP contribution in [0.1, 0.15) is 5.56 Å². The molecule has 3 aromatic rings. The Labute approximate surface area is 187 Å². The Morgan fingerprint density at radius 1 is 1.18 bits per heavy atom. The maximum absolute atomic E-state index is 13.9. The zero-order valence-corrected chi connectivity index (χ0v) is 17.8. The molecule has 0 aliphatic carbocycles. The van der Waals surface area contributed by atoms with E-state index in [0.29, 0.717) is 0 Å². The first kappa shape index (κ1) is 23.7. The van der Waals surface area contributed by atoms with Crippen molar-refractivity contribution in [3.63, 3.8) is 0 Å². The molecular formula is C22H23F2N5O4. The van der Waals surface area contributed by atoms with Gasteiger partial charge in [-0.1, -0.05) is 30.3 Å². The highest BCUT2D eigenvalue weighted by atomic mass is 19.1. The Morgan fingerprint density at radius 2 is 1.91 bits per heavy atom. The van der Waals surface area contributed by atoms with Gasteiger partial charge in [0.15, 0.2) is 0 Å². The molecule has 9 nitrogen and oxygen atoms in total. The van der Waals surface area contributed by atoms with Crippen LogP contribution in [0.4, 0.5) is 26.0 Å². The lowest BCUT2D eigenvalue weighted by Gasteiger charge is -2.25. The van der Waals surface area contributed by atoms with Crippen LogP contribution >= 0.6 is 0 Å². The third-order valence-corrected chi connectivity index (χ3v) is 4.82. The minimum atomic E-state index is -0.818. The van der Waals surface area contributed by atoms with Crippen LogP contribution in [0.15, 0.2) is 58.1 Å². The van der Waals surface area contributed by atoms with Crippen LogP contribution < -0.4 is 27.2 Å². The molecule has 1 aromatic heterocycles. The Hall–Kier alpha value is -3.99. The number of nitrogens with two attached hydrogens (primary N) is 1. The SMILES string of the molecule is COCCN(CC(=O)Nc1cc(F)ccc1F)c1c(N)n(Cc2ccccc2)c(=O)[nH]c1=O. The van der Waals surface area contributed by atoms with Gasteiger partial charge in [-0.25, -0.2) is 13.6 Å². The molecule has 1 amide bonds. The first-order chi connectivity index (χ1) is 15.8. The molecular weight excluding hydrogens is 436 g/mol. The fraction of sp³-hybridized carbons (Fsp3) is 0.227. The monoisotopic (exact) mass is 459 g/mol. The third-order valence-electron chi connectivity index (χ3n) is 4.82. The topological polar surface area (TPSA) is 122 Å². The molecule has 174 valence electrons. The number of benzene rings is 2. The van der Waals surface area contributed by atoms with Crippen LogP contribution in [0.5, 0.6) is 0 Å². The van der Waals surface area contributed by atoms with Gasteiger partial charge in [0.1, 0.15) is 23.1 Å². The van der Waals surface area contributed by atoms with Crippen LogP contribution in [-0.4, -0.2) is 42.3 Å². The molecule has 0 fully saturated rings. The molecule has 0 aliphatic rings. The average Bonchev–Trinajstić information content (AvgIpc) is 2.78. The van der Waals surface area contributed by atoms with Crippen LogP contribution in [0.3, 0.4) is 0 Å². The van der Waals surface area contributed by atoms with Crippen molar-refractivity contribution in [1.82, 2.24) is 9.55 Å². The molecule has 0 unspecified atom stereocenters. The van der Waals surface area contributed by atoms with Gasteiger partial charge in [-0.15, -0.1) is 0 Å². The summed E-state index contributed by atoms with van der Waals surface area (Å²) in [5.74, 6) is -2.41. The quantitative estimate of drug-likeness (QED) is 0.446. The van der Waals surface area contributed by atoms with Gasteiger partial charge in [0.2, 0.25) is 5.91 Å². The molecule has 0 aliphatic heterocycles. The second-order valence-corrected chi connectivity index (χ2v) is 7.15. The molecule has 0 spiro atoms. The molecule has 3 rings (SSSR count). The second kappa shape index (κ2) is 10.6. The number of methoxy groups -OCH3 is 1. The molecule has 33 heavy (non-hydrogen) atoms. The van der Waals surface area contributed by atoms with Crippen LogP contribution in [-0.2, 0) is 16.1 Å². The summed E-state index contributed by atoms with van der Waals surface area (Å²) in [5.41, 5.74) is 5.01. The zero-order chi connectivity index (χ0) is 24.0. The predicted octanol–water partition coefficient (Wildman–Crippen LogP) is 1.54. The second-order valence-electron chi connectivity index (χ2n) is 7.15. The zero-order valence-electron chi connectivity index (χ0n) is 17.8.